The first-order valence-electron chi connectivity index (χ1n) is 4.11. The van der Waals surface area contributed by atoms with Gasteiger partial charge in [-0.15, -0.1) is 0 Å². The van der Waals surface area contributed by atoms with Crippen LogP contribution in [0.3, 0.4) is 0 Å². The Labute approximate surface area is 73.1 Å². The maximum absolute atomic E-state index is 5.59. The van der Waals surface area contributed by atoms with Crippen LogP contribution in [0.4, 0.5) is 0 Å². The fourth-order valence-corrected chi connectivity index (χ4v) is 0.893. The summed E-state index contributed by atoms with van der Waals surface area (Å²) in [4.78, 5) is 4.00. The maximum atomic E-state index is 5.59. The van der Waals surface area contributed by atoms with E-state index in [1.54, 1.807) is 6.20 Å². The molecule has 64 valence electrons. The maximum Gasteiger partial charge on any atom is 0.0340 e. The van der Waals surface area contributed by atoms with Crippen LogP contribution in [-0.4, -0.2) is 11.0 Å². The average molecular weight is 162 g/mol. The van der Waals surface area contributed by atoms with Crippen LogP contribution in [0.2, 0.25) is 0 Å². The van der Waals surface area contributed by atoms with Gasteiger partial charge in [-0.3, -0.25) is 4.98 Å². The number of rotatable bonds is 3. The number of hydrogen-bond donors (Lipinski definition) is 1. The van der Waals surface area contributed by atoms with Gasteiger partial charge in [0.2, 0.25) is 0 Å². The van der Waals surface area contributed by atoms with E-state index in [9.17, 15) is 0 Å². The Morgan fingerprint density at radius 2 is 2.50 bits per heavy atom. The average Bonchev–Trinajstić information content (AvgIpc) is 2.05. The number of hydrogen-bond acceptors (Lipinski definition) is 2. The standard InChI is InChI=1S/C10H14N2/c1-9(11)4-2-5-10-6-3-7-12-8-10/h2-3,5-9H,4,11H2,1H3/t9-/m1/s1. The molecule has 0 unspecified atom stereocenters. The molecule has 0 saturated carbocycles. The van der Waals surface area contributed by atoms with Gasteiger partial charge in [-0.25, -0.2) is 0 Å². The molecule has 0 saturated heterocycles. The van der Waals surface area contributed by atoms with E-state index in [1.165, 1.54) is 0 Å². The van der Waals surface area contributed by atoms with Gasteiger partial charge in [0, 0.05) is 18.4 Å². The SMILES string of the molecule is C[C@@H](N)CC=Cc1cccnc1. The number of pyridine rings is 1. The summed E-state index contributed by atoms with van der Waals surface area (Å²) < 4.78 is 0. The van der Waals surface area contributed by atoms with Gasteiger partial charge in [-0.05, 0) is 25.0 Å². The van der Waals surface area contributed by atoms with Crippen molar-refractivity contribution in [1.82, 2.24) is 4.98 Å². The van der Waals surface area contributed by atoms with Crippen LogP contribution in [0.5, 0.6) is 0 Å². The Morgan fingerprint density at radius 3 is 3.08 bits per heavy atom. The summed E-state index contributed by atoms with van der Waals surface area (Å²) in [5, 5.41) is 0. The lowest BCUT2D eigenvalue weighted by Crippen LogP contribution is -2.12. The molecule has 1 atom stereocenters. The molecule has 1 aromatic rings. The normalized spacial score (nSPS) is 13.5. The van der Waals surface area contributed by atoms with Gasteiger partial charge in [0.25, 0.3) is 0 Å². The van der Waals surface area contributed by atoms with Crippen molar-refractivity contribution in [3.63, 3.8) is 0 Å². The summed E-state index contributed by atoms with van der Waals surface area (Å²) in [6.07, 6.45) is 8.62. The van der Waals surface area contributed by atoms with Crippen molar-refractivity contribution in [2.45, 2.75) is 19.4 Å². The van der Waals surface area contributed by atoms with Gasteiger partial charge >= 0.3 is 0 Å². The fourth-order valence-electron chi connectivity index (χ4n) is 0.893. The number of nitrogens with two attached hydrogens (primary N) is 1. The second kappa shape index (κ2) is 4.67. The van der Waals surface area contributed by atoms with Crippen LogP contribution >= 0.6 is 0 Å². The van der Waals surface area contributed by atoms with Crippen molar-refractivity contribution in [3.05, 3.63) is 36.2 Å². The van der Waals surface area contributed by atoms with Crippen LogP contribution in [-0.2, 0) is 0 Å². The highest BCUT2D eigenvalue weighted by atomic mass is 14.6. The van der Waals surface area contributed by atoms with Crippen LogP contribution in [0, 0.1) is 0 Å². The molecule has 0 aromatic carbocycles. The summed E-state index contributed by atoms with van der Waals surface area (Å²) in [5.74, 6) is 0. The molecule has 1 aromatic heterocycles. The van der Waals surface area contributed by atoms with E-state index in [0.717, 1.165) is 12.0 Å². The third kappa shape index (κ3) is 3.30. The van der Waals surface area contributed by atoms with E-state index in [1.807, 2.05) is 31.3 Å². The minimum absolute atomic E-state index is 0.234. The van der Waals surface area contributed by atoms with Crippen molar-refractivity contribution in [1.29, 1.82) is 0 Å². The van der Waals surface area contributed by atoms with Gasteiger partial charge in [0.1, 0.15) is 0 Å². The number of aromatic nitrogens is 1. The van der Waals surface area contributed by atoms with E-state index >= 15 is 0 Å². The van der Waals surface area contributed by atoms with Crippen LogP contribution in [0.1, 0.15) is 18.9 Å². The first kappa shape index (κ1) is 8.94. The van der Waals surface area contributed by atoms with Crippen LogP contribution in [0.25, 0.3) is 6.08 Å². The summed E-state index contributed by atoms with van der Waals surface area (Å²) in [6, 6.07) is 4.17. The molecule has 2 nitrogen and oxygen atoms in total. The molecule has 0 fully saturated rings. The third-order valence-electron chi connectivity index (χ3n) is 1.50. The Balaban J connectivity index is 2.47. The van der Waals surface area contributed by atoms with Crippen molar-refractivity contribution in [2.75, 3.05) is 0 Å². The molecule has 0 aliphatic carbocycles. The lowest BCUT2D eigenvalue weighted by Gasteiger charge is -1.97. The summed E-state index contributed by atoms with van der Waals surface area (Å²) in [6.45, 7) is 1.99. The lowest BCUT2D eigenvalue weighted by atomic mass is 10.2. The van der Waals surface area contributed by atoms with Gasteiger partial charge in [-0.1, -0.05) is 18.2 Å². The smallest absolute Gasteiger partial charge is 0.0340 e. The topological polar surface area (TPSA) is 38.9 Å². The molecule has 0 radical (unpaired) electrons. The molecule has 0 aliphatic rings. The monoisotopic (exact) mass is 162 g/mol. The largest absolute Gasteiger partial charge is 0.328 e. The first-order valence-corrected chi connectivity index (χ1v) is 4.11. The fraction of sp³-hybridized carbons (Fsp3) is 0.300. The van der Waals surface area contributed by atoms with Crippen molar-refractivity contribution >= 4 is 6.08 Å². The molecule has 2 N–H and O–H groups in total. The quantitative estimate of drug-likeness (QED) is 0.736. The Hall–Kier alpha value is -1.15. The first-order chi connectivity index (χ1) is 5.79. The second-order valence-electron chi connectivity index (χ2n) is 2.90. The Morgan fingerprint density at radius 1 is 1.67 bits per heavy atom. The molecular weight excluding hydrogens is 148 g/mol. The Bertz CT molecular complexity index is 239. The van der Waals surface area contributed by atoms with E-state index < -0.39 is 0 Å². The molecule has 12 heavy (non-hydrogen) atoms. The minimum atomic E-state index is 0.234. The van der Waals surface area contributed by atoms with E-state index in [0.29, 0.717) is 0 Å². The number of nitrogens with zero attached hydrogens (tertiary/aromatic N) is 1. The van der Waals surface area contributed by atoms with E-state index in [4.69, 9.17) is 5.73 Å². The molecule has 2 heteroatoms. The molecule has 0 amide bonds. The zero-order chi connectivity index (χ0) is 8.81. The van der Waals surface area contributed by atoms with Gasteiger partial charge in [-0.2, -0.15) is 0 Å². The van der Waals surface area contributed by atoms with Crippen LogP contribution < -0.4 is 5.73 Å². The molecule has 0 spiro atoms. The predicted molar refractivity (Wildman–Crippen MR) is 51.5 cm³/mol. The second-order valence-corrected chi connectivity index (χ2v) is 2.90. The summed E-state index contributed by atoms with van der Waals surface area (Å²) in [7, 11) is 0. The van der Waals surface area contributed by atoms with Crippen LogP contribution in [0.15, 0.2) is 30.6 Å². The third-order valence-corrected chi connectivity index (χ3v) is 1.50. The highest BCUT2D eigenvalue weighted by Crippen LogP contribution is 2.00. The predicted octanol–water partition coefficient (Wildman–Crippen LogP) is 1.83. The van der Waals surface area contributed by atoms with Gasteiger partial charge < -0.3 is 5.73 Å². The highest BCUT2D eigenvalue weighted by Gasteiger charge is 1.87. The van der Waals surface area contributed by atoms with Crippen molar-refractivity contribution < 1.29 is 0 Å². The van der Waals surface area contributed by atoms with E-state index in [2.05, 4.69) is 11.1 Å². The summed E-state index contributed by atoms with van der Waals surface area (Å²) >= 11 is 0. The van der Waals surface area contributed by atoms with Gasteiger partial charge in [0.15, 0.2) is 0 Å². The molecule has 0 bridgehead atoms. The lowest BCUT2D eigenvalue weighted by molar-refractivity contribution is 0.759. The Kier molecular flexibility index (Phi) is 3.48. The molecule has 0 aliphatic heterocycles. The molecule has 1 rings (SSSR count). The summed E-state index contributed by atoms with van der Waals surface area (Å²) in [5.41, 5.74) is 6.71. The van der Waals surface area contributed by atoms with E-state index in [-0.39, 0.29) is 6.04 Å². The molecule has 1 heterocycles. The molecular formula is C10H14N2. The highest BCUT2D eigenvalue weighted by molar-refractivity contribution is 5.47. The van der Waals surface area contributed by atoms with Crippen molar-refractivity contribution in [3.8, 4) is 0 Å². The van der Waals surface area contributed by atoms with Gasteiger partial charge in [0.05, 0.1) is 0 Å². The zero-order valence-electron chi connectivity index (χ0n) is 7.27. The minimum Gasteiger partial charge on any atom is -0.328 e. The van der Waals surface area contributed by atoms with Crippen molar-refractivity contribution in [2.24, 2.45) is 5.73 Å². The zero-order valence-corrected chi connectivity index (χ0v) is 7.27.